The number of phenolic OH excluding ortho intramolecular Hbond substituents is 4. The molecule has 2 atom stereocenters. The Morgan fingerprint density at radius 1 is 0.568 bits per heavy atom. The van der Waals surface area contributed by atoms with Crippen molar-refractivity contribution in [3.05, 3.63) is 94.0 Å². The van der Waals surface area contributed by atoms with E-state index in [1.165, 1.54) is 52.7 Å². The highest BCUT2D eigenvalue weighted by Gasteiger charge is 2.34. The van der Waals surface area contributed by atoms with Crippen LogP contribution >= 0.6 is 0 Å². The molecule has 9 heteroatoms. The third-order valence-corrected chi connectivity index (χ3v) is 8.08. The van der Waals surface area contributed by atoms with Crippen molar-refractivity contribution < 1.29 is 44.2 Å². The first-order chi connectivity index (χ1) is 21.0. The molecule has 9 nitrogen and oxygen atoms in total. The van der Waals surface area contributed by atoms with Gasteiger partial charge in [-0.3, -0.25) is 4.79 Å². The predicted octanol–water partition coefficient (Wildman–Crippen LogP) is 6.08. The Labute approximate surface area is 256 Å². The van der Waals surface area contributed by atoms with Gasteiger partial charge in [0, 0.05) is 22.3 Å². The van der Waals surface area contributed by atoms with Crippen molar-refractivity contribution in [1.82, 2.24) is 0 Å². The smallest absolute Gasteiger partial charge is 0.160 e. The normalized spacial score (nSPS) is 12.3. The summed E-state index contributed by atoms with van der Waals surface area (Å²) >= 11 is 0. The van der Waals surface area contributed by atoms with Crippen LogP contribution in [0.15, 0.2) is 60.7 Å². The Morgan fingerprint density at radius 2 is 0.932 bits per heavy atom. The maximum absolute atomic E-state index is 14.8. The van der Waals surface area contributed by atoms with E-state index in [9.17, 15) is 25.2 Å². The van der Waals surface area contributed by atoms with E-state index >= 15 is 0 Å². The van der Waals surface area contributed by atoms with Crippen LogP contribution in [-0.4, -0.2) is 54.6 Å². The number of ether oxygens (including phenoxy) is 4. The summed E-state index contributed by atoms with van der Waals surface area (Å²) in [6.45, 7) is 3.14. The Balaban J connectivity index is 1.90. The number of carbonyl (C=O) groups is 1. The molecule has 4 aromatic rings. The molecule has 0 spiro atoms. The third kappa shape index (κ3) is 6.32. The van der Waals surface area contributed by atoms with Gasteiger partial charge in [0.2, 0.25) is 0 Å². The molecule has 0 radical (unpaired) electrons. The number of carbonyl (C=O) groups excluding carboxylic acids is 1. The van der Waals surface area contributed by atoms with E-state index in [4.69, 9.17) is 18.9 Å². The lowest BCUT2D eigenvalue weighted by molar-refractivity contribution is -0.122. The van der Waals surface area contributed by atoms with Gasteiger partial charge < -0.3 is 39.4 Å². The molecule has 0 fully saturated rings. The maximum atomic E-state index is 14.8. The number of Topliss-reactive ketones (excluding diaryl/α,β-unsaturated/α-hetero) is 1. The van der Waals surface area contributed by atoms with Gasteiger partial charge in [-0.1, -0.05) is 24.3 Å². The summed E-state index contributed by atoms with van der Waals surface area (Å²) in [5.41, 5.74) is 2.61. The average Bonchev–Trinajstić information content (AvgIpc) is 3.04. The van der Waals surface area contributed by atoms with Gasteiger partial charge in [0.15, 0.2) is 23.0 Å². The van der Waals surface area contributed by atoms with E-state index in [-0.39, 0.29) is 52.7 Å². The van der Waals surface area contributed by atoms with Gasteiger partial charge in [0.1, 0.15) is 28.8 Å². The van der Waals surface area contributed by atoms with Gasteiger partial charge in [0.05, 0.1) is 40.3 Å². The molecule has 4 N–H and O–H groups in total. The van der Waals surface area contributed by atoms with Gasteiger partial charge >= 0.3 is 0 Å². The van der Waals surface area contributed by atoms with Crippen LogP contribution in [0, 0.1) is 13.8 Å². The fourth-order valence-corrected chi connectivity index (χ4v) is 5.44. The number of benzene rings is 4. The summed E-state index contributed by atoms with van der Waals surface area (Å²) in [6.07, 6.45) is 0.328. The molecule has 0 heterocycles. The van der Waals surface area contributed by atoms with Crippen molar-refractivity contribution >= 4 is 5.78 Å². The van der Waals surface area contributed by atoms with E-state index < -0.39 is 11.8 Å². The number of methoxy groups -OCH3 is 4. The van der Waals surface area contributed by atoms with Crippen LogP contribution in [-0.2, 0) is 17.6 Å². The minimum absolute atomic E-state index is 0.0998. The van der Waals surface area contributed by atoms with Crippen molar-refractivity contribution in [3.63, 3.8) is 0 Å². The second kappa shape index (κ2) is 13.5. The van der Waals surface area contributed by atoms with Crippen LogP contribution in [0.25, 0.3) is 0 Å². The second-order valence-corrected chi connectivity index (χ2v) is 10.6. The predicted molar refractivity (Wildman–Crippen MR) is 166 cm³/mol. The zero-order valence-electron chi connectivity index (χ0n) is 25.7. The molecule has 0 bridgehead atoms. The Bertz CT molecular complexity index is 1540. The SMILES string of the molecule is COc1ccc(CC(C(=O)C(Cc2ccc(OC)c(OC)c2)c2ccc(O)c(C)c2O)c2ccc(O)c(C)c2O)cc1OC. The van der Waals surface area contributed by atoms with E-state index in [1.807, 2.05) is 12.1 Å². The van der Waals surface area contributed by atoms with Gasteiger partial charge in [-0.05, 0) is 74.2 Å². The molecule has 0 saturated carbocycles. The molecular formula is C35H38O9. The first-order valence-electron chi connectivity index (χ1n) is 14.0. The van der Waals surface area contributed by atoms with E-state index in [0.29, 0.717) is 34.1 Å². The Hall–Kier alpha value is -5.05. The molecule has 2 unspecified atom stereocenters. The van der Waals surface area contributed by atoms with Gasteiger partial charge in [0.25, 0.3) is 0 Å². The molecule has 0 aliphatic carbocycles. The van der Waals surface area contributed by atoms with Crippen LogP contribution in [0.5, 0.6) is 46.0 Å². The number of hydrogen-bond acceptors (Lipinski definition) is 9. The Kier molecular flexibility index (Phi) is 9.78. The first kappa shape index (κ1) is 31.9. The van der Waals surface area contributed by atoms with Crippen LogP contribution in [0.4, 0.5) is 0 Å². The van der Waals surface area contributed by atoms with Crippen molar-refractivity contribution in [2.45, 2.75) is 38.5 Å². The van der Waals surface area contributed by atoms with Crippen LogP contribution in [0.1, 0.15) is 45.2 Å². The van der Waals surface area contributed by atoms with E-state index in [2.05, 4.69) is 0 Å². The standard InChI is InChI=1S/C35H38O9/c1-19-27(36)11-9-23(33(19)38)25(15-21-7-13-29(41-3)31(17-21)43-5)35(40)26(24-10-12-28(37)20(2)34(24)39)16-22-8-14-30(42-4)32(18-22)44-6/h7-14,17-18,25-26,36-39H,15-16H2,1-6H3. The van der Waals surface area contributed by atoms with Gasteiger partial charge in [-0.25, -0.2) is 0 Å². The summed E-state index contributed by atoms with van der Waals surface area (Å²) < 4.78 is 21.7. The quantitative estimate of drug-likeness (QED) is 0.152. The molecule has 4 rings (SSSR count). The minimum atomic E-state index is -0.911. The zero-order chi connectivity index (χ0) is 32.1. The zero-order valence-corrected chi connectivity index (χ0v) is 25.7. The molecule has 0 aliphatic rings. The summed E-state index contributed by atoms with van der Waals surface area (Å²) in [7, 11) is 6.11. The number of aromatic hydroxyl groups is 4. The summed E-state index contributed by atoms with van der Waals surface area (Å²) in [5.74, 6) is -0.690. The van der Waals surface area contributed by atoms with Gasteiger partial charge in [-0.15, -0.1) is 0 Å². The van der Waals surface area contributed by atoms with Crippen LogP contribution < -0.4 is 18.9 Å². The highest BCUT2D eigenvalue weighted by Crippen LogP contribution is 2.43. The molecular weight excluding hydrogens is 564 g/mol. The largest absolute Gasteiger partial charge is 0.508 e. The number of ketones is 1. The molecule has 0 aliphatic heterocycles. The first-order valence-corrected chi connectivity index (χ1v) is 14.0. The molecule has 232 valence electrons. The lowest BCUT2D eigenvalue weighted by Gasteiger charge is -2.26. The van der Waals surface area contributed by atoms with Crippen molar-refractivity contribution in [2.75, 3.05) is 28.4 Å². The molecule has 0 saturated heterocycles. The topological polar surface area (TPSA) is 135 Å². The molecule has 4 aromatic carbocycles. The highest BCUT2D eigenvalue weighted by molar-refractivity contribution is 5.94. The summed E-state index contributed by atoms with van der Waals surface area (Å²) in [5, 5.41) is 42.9. The third-order valence-electron chi connectivity index (χ3n) is 8.08. The second-order valence-electron chi connectivity index (χ2n) is 10.6. The molecule has 44 heavy (non-hydrogen) atoms. The van der Waals surface area contributed by atoms with Crippen molar-refractivity contribution in [3.8, 4) is 46.0 Å². The summed E-state index contributed by atoms with van der Waals surface area (Å²) in [6, 6.07) is 16.6. The average molecular weight is 603 g/mol. The maximum Gasteiger partial charge on any atom is 0.160 e. The van der Waals surface area contributed by atoms with Crippen LogP contribution in [0.3, 0.4) is 0 Å². The van der Waals surface area contributed by atoms with Crippen LogP contribution in [0.2, 0.25) is 0 Å². The minimum Gasteiger partial charge on any atom is -0.508 e. The monoisotopic (exact) mass is 602 g/mol. The fourth-order valence-electron chi connectivity index (χ4n) is 5.44. The number of hydrogen-bond donors (Lipinski definition) is 4. The van der Waals surface area contributed by atoms with E-state index in [0.717, 1.165) is 11.1 Å². The lowest BCUT2D eigenvalue weighted by Crippen LogP contribution is -2.25. The number of rotatable bonds is 12. The Morgan fingerprint density at radius 3 is 1.27 bits per heavy atom. The molecule has 0 amide bonds. The fraction of sp³-hybridized carbons (Fsp3) is 0.286. The highest BCUT2D eigenvalue weighted by atomic mass is 16.5. The molecule has 0 aromatic heterocycles. The van der Waals surface area contributed by atoms with Gasteiger partial charge in [-0.2, -0.15) is 0 Å². The van der Waals surface area contributed by atoms with Crippen molar-refractivity contribution in [1.29, 1.82) is 0 Å². The lowest BCUT2D eigenvalue weighted by atomic mass is 9.77. The summed E-state index contributed by atoms with van der Waals surface area (Å²) in [4.78, 5) is 14.8. The number of phenols is 4. The van der Waals surface area contributed by atoms with E-state index in [1.54, 1.807) is 38.1 Å². The van der Waals surface area contributed by atoms with Crippen molar-refractivity contribution in [2.24, 2.45) is 0 Å².